The summed E-state index contributed by atoms with van der Waals surface area (Å²) in [6.45, 7) is 13.0. The number of phenolic OH excluding ortho intramolecular Hbond substituents is 1. The minimum atomic E-state index is -0.0829. The molecule has 0 aliphatic heterocycles. The SMILES string of the molecule is CN(C)C(CCc1cc(C(C)(C)C)c(O)c(C(C)(C)C)c1)c1ccccc1. The number of aryl methyl sites for hydroxylation is 1. The first kappa shape index (κ1) is 21.5. The molecule has 0 aliphatic rings. The molecule has 0 aromatic heterocycles. The summed E-state index contributed by atoms with van der Waals surface area (Å²) in [6, 6.07) is 15.5. The van der Waals surface area contributed by atoms with Crippen LogP contribution in [0.5, 0.6) is 5.75 Å². The second-order valence-electron chi connectivity index (χ2n) is 9.97. The van der Waals surface area contributed by atoms with Crippen LogP contribution in [-0.4, -0.2) is 24.1 Å². The Hall–Kier alpha value is -1.80. The zero-order valence-corrected chi connectivity index (χ0v) is 18.4. The summed E-state index contributed by atoms with van der Waals surface area (Å²) in [5.41, 5.74) is 4.59. The molecule has 27 heavy (non-hydrogen) atoms. The van der Waals surface area contributed by atoms with Gasteiger partial charge in [-0.15, -0.1) is 0 Å². The summed E-state index contributed by atoms with van der Waals surface area (Å²) in [5, 5.41) is 10.9. The molecule has 0 heterocycles. The first-order chi connectivity index (χ1) is 12.4. The van der Waals surface area contributed by atoms with Crippen molar-refractivity contribution in [3.63, 3.8) is 0 Å². The lowest BCUT2D eigenvalue weighted by atomic mass is 9.78. The maximum atomic E-state index is 10.9. The number of hydrogen-bond donors (Lipinski definition) is 1. The minimum absolute atomic E-state index is 0.0829. The molecule has 0 saturated carbocycles. The Bertz CT molecular complexity index is 713. The number of aromatic hydroxyl groups is 1. The van der Waals surface area contributed by atoms with Gasteiger partial charge in [-0.05, 0) is 60.0 Å². The van der Waals surface area contributed by atoms with E-state index < -0.39 is 0 Å². The van der Waals surface area contributed by atoms with Crippen LogP contribution in [0.2, 0.25) is 0 Å². The van der Waals surface area contributed by atoms with Gasteiger partial charge >= 0.3 is 0 Å². The minimum Gasteiger partial charge on any atom is -0.507 e. The molecule has 0 aliphatic carbocycles. The van der Waals surface area contributed by atoms with Crippen molar-refractivity contribution in [3.8, 4) is 5.75 Å². The van der Waals surface area contributed by atoms with Crippen molar-refractivity contribution in [1.29, 1.82) is 0 Å². The van der Waals surface area contributed by atoms with Crippen molar-refractivity contribution >= 4 is 0 Å². The fraction of sp³-hybridized carbons (Fsp3) is 0.520. The molecule has 0 radical (unpaired) electrons. The van der Waals surface area contributed by atoms with Crippen LogP contribution in [0.4, 0.5) is 0 Å². The zero-order chi connectivity index (χ0) is 20.4. The van der Waals surface area contributed by atoms with E-state index in [-0.39, 0.29) is 10.8 Å². The second-order valence-corrected chi connectivity index (χ2v) is 9.97. The lowest BCUT2D eigenvalue weighted by molar-refractivity contribution is 0.284. The predicted molar refractivity (Wildman–Crippen MR) is 117 cm³/mol. The molecule has 2 aromatic rings. The monoisotopic (exact) mass is 367 g/mol. The molecule has 2 aromatic carbocycles. The molecular formula is C25H37NO. The van der Waals surface area contributed by atoms with Gasteiger partial charge < -0.3 is 10.0 Å². The van der Waals surface area contributed by atoms with E-state index in [0.29, 0.717) is 11.8 Å². The van der Waals surface area contributed by atoms with E-state index in [4.69, 9.17) is 0 Å². The Morgan fingerprint density at radius 2 is 1.33 bits per heavy atom. The maximum absolute atomic E-state index is 10.9. The lowest BCUT2D eigenvalue weighted by Gasteiger charge is -2.29. The summed E-state index contributed by atoms with van der Waals surface area (Å²) in [5.74, 6) is 0.464. The highest BCUT2D eigenvalue weighted by molar-refractivity contribution is 5.50. The van der Waals surface area contributed by atoms with E-state index in [0.717, 1.165) is 24.0 Å². The van der Waals surface area contributed by atoms with Crippen molar-refractivity contribution in [1.82, 2.24) is 4.90 Å². The van der Waals surface area contributed by atoms with E-state index in [9.17, 15) is 5.11 Å². The van der Waals surface area contributed by atoms with Crippen molar-refractivity contribution in [2.45, 2.75) is 71.3 Å². The third kappa shape index (κ3) is 5.35. The molecule has 0 saturated heterocycles. The van der Waals surface area contributed by atoms with Gasteiger partial charge in [0.15, 0.2) is 0 Å². The highest BCUT2D eigenvalue weighted by Gasteiger charge is 2.26. The van der Waals surface area contributed by atoms with Gasteiger partial charge in [-0.2, -0.15) is 0 Å². The normalized spacial score (nSPS) is 13.8. The summed E-state index contributed by atoms with van der Waals surface area (Å²) >= 11 is 0. The van der Waals surface area contributed by atoms with E-state index in [1.165, 1.54) is 11.1 Å². The van der Waals surface area contributed by atoms with Gasteiger partial charge in [0.2, 0.25) is 0 Å². The molecule has 0 spiro atoms. The molecule has 2 heteroatoms. The molecule has 1 unspecified atom stereocenters. The first-order valence-corrected chi connectivity index (χ1v) is 9.99. The van der Waals surface area contributed by atoms with Crippen molar-refractivity contribution in [3.05, 3.63) is 64.7 Å². The van der Waals surface area contributed by atoms with Crippen LogP contribution in [0.1, 0.15) is 76.3 Å². The molecule has 1 atom stereocenters. The smallest absolute Gasteiger partial charge is 0.123 e. The molecular weight excluding hydrogens is 330 g/mol. The van der Waals surface area contributed by atoms with E-state index in [1.54, 1.807) is 0 Å². The molecule has 2 rings (SSSR count). The van der Waals surface area contributed by atoms with E-state index in [2.05, 4.69) is 103 Å². The van der Waals surface area contributed by atoms with Crippen LogP contribution in [0.3, 0.4) is 0 Å². The Morgan fingerprint density at radius 3 is 1.74 bits per heavy atom. The van der Waals surface area contributed by atoms with Gasteiger partial charge in [0, 0.05) is 6.04 Å². The average molecular weight is 368 g/mol. The second kappa shape index (κ2) is 8.06. The van der Waals surface area contributed by atoms with Crippen LogP contribution >= 0.6 is 0 Å². The number of nitrogens with zero attached hydrogens (tertiary/aromatic N) is 1. The first-order valence-electron chi connectivity index (χ1n) is 9.99. The van der Waals surface area contributed by atoms with Crippen molar-refractivity contribution < 1.29 is 5.11 Å². The van der Waals surface area contributed by atoms with Crippen LogP contribution in [0.15, 0.2) is 42.5 Å². The topological polar surface area (TPSA) is 23.5 Å². The van der Waals surface area contributed by atoms with Gasteiger partial charge in [0.1, 0.15) is 5.75 Å². The van der Waals surface area contributed by atoms with Crippen LogP contribution < -0.4 is 0 Å². The summed E-state index contributed by atoms with van der Waals surface area (Å²) in [4.78, 5) is 2.30. The van der Waals surface area contributed by atoms with Crippen molar-refractivity contribution in [2.24, 2.45) is 0 Å². The van der Waals surface area contributed by atoms with Gasteiger partial charge in [-0.1, -0.05) is 84.0 Å². The van der Waals surface area contributed by atoms with E-state index in [1.807, 2.05) is 0 Å². The Kier molecular flexibility index (Phi) is 6.42. The number of benzene rings is 2. The molecule has 1 N–H and O–H groups in total. The summed E-state index contributed by atoms with van der Waals surface area (Å²) in [7, 11) is 4.30. The zero-order valence-electron chi connectivity index (χ0n) is 18.4. The van der Waals surface area contributed by atoms with Crippen LogP contribution in [0.25, 0.3) is 0 Å². The van der Waals surface area contributed by atoms with Crippen LogP contribution in [-0.2, 0) is 17.3 Å². The Morgan fingerprint density at radius 1 is 0.852 bits per heavy atom. The average Bonchev–Trinajstić information content (AvgIpc) is 2.54. The van der Waals surface area contributed by atoms with Crippen LogP contribution in [0, 0.1) is 0 Å². The van der Waals surface area contributed by atoms with Crippen molar-refractivity contribution in [2.75, 3.05) is 14.1 Å². The molecule has 148 valence electrons. The molecule has 0 bridgehead atoms. The standard InChI is InChI=1S/C25H37NO/c1-24(2,3)20-16-18(17-21(23(20)27)25(4,5)6)14-15-22(26(7)8)19-12-10-9-11-13-19/h9-13,16-17,22,27H,14-15H2,1-8H3. The third-order valence-corrected chi connectivity index (χ3v) is 5.30. The quantitative estimate of drug-likeness (QED) is 0.678. The van der Waals surface area contributed by atoms with Gasteiger partial charge in [-0.3, -0.25) is 0 Å². The number of phenols is 1. The van der Waals surface area contributed by atoms with Gasteiger partial charge in [-0.25, -0.2) is 0 Å². The fourth-order valence-corrected chi connectivity index (χ4v) is 3.68. The fourth-order valence-electron chi connectivity index (χ4n) is 3.68. The molecule has 0 amide bonds. The molecule has 0 fully saturated rings. The highest BCUT2D eigenvalue weighted by atomic mass is 16.3. The summed E-state index contributed by atoms with van der Waals surface area (Å²) in [6.07, 6.45) is 2.04. The predicted octanol–water partition coefficient (Wildman–Crippen LogP) is 6.22. The summed E-state index contributed by atoms with van der Waals surface area (Å²) < 4.78 is 0. The highest BCUT2D eigenvalue weighted by Crippen LogP contribution is 2.40. The largest absolute Gasteiger partial charge is 0.507 e. The number of rotatable bonds is 5. The van der Waals surface area contributed by atoms with Gasteiger partial charge in [0.25, 0.3) is 0 Å². The maximum Gasteiger partial charge on any atom is 0.123 e. The third-order valence-electron chi connectivity index (χ3n) is 5.30. The Balaban J connectivity index is 2.38. The Labute approximate surface area is 166 Å². The lowest BCUT2D eigenvalue weighted by Crippen LogP contribution is -2.21. The van der Waals surface area contributed by atoms with Gasteiger partial charge in [0.05, 0.1) is 0 Å². The van der Waals surface area contributed by atoms with E-state index >= 15 is 0 Å². The molecule has 2 nitrogen and oxygen atoms in total. The number of hydrogen-bond acceptors (Lipinski definition) is 2.